The highest BCUT2D eigenvalue weighted by atomic mass is 35.5. The summed E-state index contributed by atoms with van der Waals surface area (Å²) in [5, 5.41) is 4.10. The molecule has 1 saturated heterocycles. The van der Waals surface area contributed by atoms with Crippen molar-refractivity contribution in [2.75, 3.05) is 13.1 Å². The first-order chi connectivity index (χ1) is 6.59. The SMILES string of the molecule is CC1(N)CNCC1c1cccc(Cl)c1. The van der Waals surface area contributed by atoms with Gasteiger partial charge in [-0.05, 0) is 24.6 Å². The fourth-order valence-corrected chi connectivity index (χ4v) is 2.26. The maximum absolute atomic E-state index is 6.20. The number of hydrogen-bond donors (Lipinski definition) is 2. The molecule has 2 nitrogen and oxygen atoms in total. The average molecular weight is 211 g/mol. The van der Waals surface area contributed by atoms with Crippen LogP contribution in [0, 0.1) is 0 Å². The normalized spacial score (nSPS) is 32.1. The molecule has 0 amide bonds. The largest absolute Gasteiger partial charge is 0.324 e. The third kappa shape index (κ3) is 1.78. The first kappa shape index (κ1) is 9.97. The summed E-state index contributed by atoms with van der Waals surface area (Å²) in [6.45, 7) is 3.89. The molecule has 1 aromatic rings. The molecule has 1 fully saturated rings. The van der Waals surface area contributed by atoms with Gasteiger partial charge in [-0.15, -0.1) is 0 Å². The summed E-state index contributed by atoms with van der Waals surface area (Å²) < 4.78 is 0. The van der Waals surface area contributed by atoms with Crippen LogP contribution in [0.3, 0.4) is 0 Å². The third-order valence-electron chi connectivity index (χ3n) is 2.90. The summed E-state index contributed by atoms with van der Waals surface area (Å²) in [6, 6.07) is 7.96. The second kappa shape index (κ2) is 3.54. The van der Waals surface area contributed by atoms with Crippen molar-refractivity contribution in [3.63, 3.8) is 0 Å². The molecule has 0 radical (unpaired) electrons. The first-order valence-corrected chi connectivity index (χ1v) is 5.22. The van der Waals surface area contributed by atoms with E-state index in [1.165, 1.54) is 5.56 Å². The molecule has 1 aliphatic heterocycles. The van der Waals surface area contributed by atoms with Crippen molar-refractivity contribution in [3.05, 3.63) is 34.9 Å². The van der Waals surface area contributed by atoms with Crippen LogP contribution < -0.4 is 11.1 Å². The maximum atomic E-state index is 6.20. The van der Waals surface area contributed by atoms with Crippen LogP contribution in [0.1, 0.15) is 18.4 Å². The average Bonchev–Trinajstić information content (AvgIpc) is 2.45. The van der Waals surface area contributed by atoms with Crippen LogP contribution in [0.5, 0.6) is 0 Å². The number of rotatable bonds is 1. The molecule has 0 bridgehead atoms. The molecular weight excluding hydrogens is 196 g/mol. The minimum Gasteiger partial charge on any atom is -0.324 e. The zero-order chi connectivity index (χ0) is 10.2. The van der Waals surface area contributed by atoms with E-state index >= 15 is 0 Å². The summed E-state index contributed by atoms with van der Waals surface area (Å²) in [7, 11) is 0. The molecule has 0 aromatic heterocycles. The molecule has 76 valence electrons. The number of benzene rings is 1. The van der Waals surface area contributed by atoms with Gasteiger partial charge in [0.2, 0.25) is 0 Å². The minimum absolute atomic E-state index is 0.162. The minimum atomic E-state index is -0.162. The molecular formula is C11H15ClN2. The van der Waals surface area contributed by atoms with Crippen molar-refractivity contribution in [2.45, 2.75) is 18.4 Å². The standard InChI is InChI=1S/C11H15ClN2/c1-11(13)7-14-6-10(11)8-3-2-4-9(12)5-8/h2-5,10,14H,6-7,13H2,1H3. The fraction of sp³-hybridized carbons (Fsp3) is 0.455. The first-order valence-electron chi connectivity index (χ1n) is 4.85. The second-order valence-corrected chi connectivity index (χ2v) is 4.68. The predicted molar refractivity (Wildman–Crippen MR) is 59.7 cm³/mol. The Bertz CT molecular complexity index is 336. The van der Waals surface area contributed by atoms with Crippen LogP contribution in [0.15, 0.2) is 24.3 Å². The second-order valence-electron chi connectivity index (χ2n) is 4.24. The topological polar surface area (TPSA) is 38.0 Å². The van der Waals surface area contributed by atoms with E-state index in [1.807, 2.05) is 18.2 Å². The van der Waals surface area contributed by atoms with E-state index in [4.69, 9.17) is 17.3 Å². The lowest BCUT2D eigenvalue weighted by atomic mass is 9.84. The summed E-state index contributed by atoms with van der Waals surface area (Å²) in [6.07, 6.45) is 0. The Morgan fingerprint density at radius 1 is 1.57 bits per heavy atom. The smallest absolute Gasteiger partial charge is 0.0408 e. The van der Waals surface area contributed by atoms with Gasteiger partial charge in [0.15, 0.2) is 0 Å². The van der Waals surface area contributed by atoms with Gasteiger partial charge >= 0.3 is 0 Å². The lowest BCUT2D eigenvalue weighted by Gasteiger charge is -2.26. The summed E-state index contributed by atoms with van der Waals surface area (Å²) in [5.41, 5.74) is 7.27. The van der Waals surface area contributed by atoms with Crippen LogP contribution in [-0.4, -0.2) is 18.6 Å². The van der Waals surface area contributed by atoms with Gasteiger partial charge in [-0.2, -0.15) is 0 Å². The Labute approximate surface area is 89.4 Å². The quantitative estimate of drug-likeness (QED) is 0.741. The van der Waals surface area contributed by atoms with Crippen LogP contribution in [0.25, 0.3) is 0 Å². The number of nitrogens with two attached hydrogens (primary N) is 1. The predicted octanol–water partition coefficient (Wildman–Crippen LogP) is 1.74. The van der Waals surface area contributed by atoms with Crippen molar-refractivity contribution in [1.82, 2.24) is 5.32 Å². The van der Waals surface area contributed by atoms with Crippen LogP contribution >= 0.6 is 11.6 Å². The van der Waals surface area contributed by atoms with E-state index in [2.05, 4.69) is 18.3 Å². The molecule has 0 saturated carbocycles. The van der Waals surface area contributed by atoms with Crippen LogP contribution in [0.2, 0.25) is 5.02 Å². The third-order valence-corrected chi connectivity index (χ3v) is 3.14. The Kier molecular flexibility index (Phi) is 2.52. The monoisotopic (exact) mass is 210 g/mol. The van der Waals surface area contributed by atoms with Crippen molar-refractivity contribution in [2.24, 2.45) is 5.73 Å². The highest BCUT2D eigenvalue weighted by Gasteiger charge is 2.35. The lowest BCUT2D eigenvalue weighted by molar-refractivity contribution is 0.462. The van der Waals surface area contributed by atoms with E-state index in [0.717, 1.165) is 18.1 Å². The molecule has 0 aliphatic carbocycles. The van der Waals surface area contributed by atoms with Gasteiger partial charge in [0.1, 0.15) is 0 Å². The van der Waals surface area contributed by atoms with Gasteiger partial charge in [0.05, 0.1) is 0 Å². The molecule has 1 aromatic carbocycles. The van der Waals surface area contributed by atoms with Gasteiger partial charge in [0, 0.05) is 29.6 Å². The lowest BCUT2D eigenvalue weighted by Crippen LogP contribution is -2.42. The molecule has 1 heterocycles. The van der Waals surface area contributed by atoms with Crippen molar-refractivity contribution >= 4 is 11.6 Å². The van der Waals surface area contributed by atoms with E-state index in [9.17, 15) is 0 Å². The van der Waals surface area contributed by atoms with Crippen molar-refractivity contribution in [1.29, 1.82) is 0 Å². The Morgan fingerprint density at radius 3 is 2.93 bits per heavy atom. The Hall–Kier alpha value is -0.570. The Balaban J connectivity index is 2.31. The number of nitrogens with one attached hydrogen (secondary N) is 1. The zero-order valence-corrected chi connectivity index (χ0v) is 9.01. The number of halogens is 1. The number of hydrogen-bond acceptors (Lipinski definition) is 2. The molecule has 14 heavy (non-hydrogen) atoms. The molecule has 2 rings (SSSR count). The van der Waals surface area contributed by atoms with Gasteiger partial charge < -0.3 is 11.1 Å². The zero-order valence-electron chi connectivity index (χ0n) is 8.26. The van der Waals surface area contributed by atoms with Gasteiger partial charge in [-0.3, -0.25) is 0 Å². The van der Waals surface area contributed by atoms with E-state index in [1.54, 1.807) is 0 Å². The van der Waals surface area contributed by atoms with Crippen molar-refractivity contribution < 1.29 is 0 Å². The highest BCUT2D eigenvalue weighted by Crippen LogP contribution is 2.30. The highest BCUT2D eigenvalue weighted by molar-refractivity contribution is 6.30. The van der Waals surface area contributed by atoms with E-state index in [0.29, 0.717) is 5.92 Å². The molecule has 2 atom stereocenters. The summed E-state index contributed by atoms with van der Waals surface area (Å²) in [4.78, 5) is 0. The maximum Gasteiger partial charge on any atom is 0.0408 e. The van der Waals surface area contributed by atoms with E-state index < -0.39 is 0 Å². The van der Waals surface area contributed by atoms with Gasteiger partial charge in [-0.25, -0.2) is 0 Å². The van der Waals surface area contributed by atoms with Crippen LogP contribution in [0.4, 0.5) is 0 Å². The molecule has 2 unspecified atom stereocenters. The molecule has 3 N–H and O–H groups in total. The summed E-state index contributed by atoms with van der Waals surface area (Å²) >= 11 is 5.96. The van der Waals surface area contributed by atoms with Crippen molar-refractivity contribution in [3.8, 4) is 0 Å². The van der Waals surface area contributed by atoms with Gasteiger partial charge in [0.25, 0.3) is 0 Å². The van der Waals surface area contributed by atoms with E-state index in [-0.39, 0.29) is 5.54 Å². The molecule has 0 spiro atoms. The summed E-state index contributed by atoms with van der Waals surface area (Å²) in [5.74, 6) is 0.362. The fourth-order valence-electron chi connectivity index (χ4n) is 2.06. The molecule has 3 heteroatoms. The Morgan fingerprint density at radius 2 is 2.36 bits per heavy atom. The van der Waals surface area contributed by atoms with Gasteiger partial charge in [-0.1, -0.05) is 23.7 Å². The molecule has 1 aliphatic rings. The van der Waals surface area contributed by atoms with Crippen LogP contribution in [-0.2, 0) is 0 Å².